The molecule has 0 bridgehead atoms. The molecule has 1 aromatic heterocycles. The van der Waals surface area contributed by atoms with Crippen molar-refractivity contribution in [1.29, 1.82) is 0 Å². The van der Waals surface area contributed by atoms with E-state index in [-0.39, 0.29) is 23.9 Å². The molecule has 3 heterocycles. The number of piperidine rings is 2. The molecule has 0 radical (unpaired) electrons. The lowest BCUT2D eigenvalue weighted by molar-refractivity contribution is 0.403. The van der Waals surface area contributed by atoms with E-state index in [9.17, 15) is 10.2 Å². The Bertz CT molecular complexity index is 830. The summed E-state index contributed by atoms with van der Waals surface area (Å²) in [5.74, 6) is 2.03. The molecule has 2 fully saturated rings. The Morgan fingerprint density at radius 1 is 0.833 bits per heavy atom. The number of rotatable bonds is 5. The molecule has 1 aromatic carbocycles. The van der Waals surface area contributed by atoms with Crippen LogP contribution in [0.3, 0.4) is 0 Å². The average Bonchev–Trinajstić information content (AvgIpc) is 2.77. The number of phenols is 2. The number of hydrogen-bond donors (Lipinski definition) is 3. The van der Waals surface area contributed by atoms with Crippen molar-refractivity contribution >= 4 is 36.2 Å². The maximum atomic E-state index is 9.61. The fraction of sp³-hybridized carbons (Fsp3) is 0.476. The van der Waals surface area contributed by atoms with E-state index in [0.29, 0.717) is 11.4 Å². The number of halogens is 1. The van der Waals surface area contributed by atoms with E-state index in [1.165, 1.54) is 50.7 Å². The van der Waals surface area contributed by atoms with Crippen LogP contribution in [-0.2, 0) is 0 Å². The van der Waals surface area contributed by atoms with Crippen molar-refractivity contribution in [2.75, 3.05) is 41.4 Å². The van der Waals surface area contributed by atoms with Gasteiger partial charge in [0, 0.05) is 32.2 Å². The zero-order valence-electron chi connectivity index (χ0n) is 17.0. The van der Waals surface area contributed by atoms with Gasteiger partial charge in [0.15, 0.2) is 17.3 Å². The number of phenolic OH excluding ortho intramolecular Hbond substituents is 2. The predicted octanol–water partition coefficient (Wildman–Crippen LogP) is 3.74. The first-order chi connectivity index (χ1) is 14.2. The Morgan fingerprint density at radius 3 is 2.17 bits per heavy atom. The molecule has 2 aliphatic heterocycles. The molecular weight excluding hydrogens is 404 g/mol. The second kappa shape index (κ2) is 10.3. The maximum absolute atomic E-state index is 9.61. The first-order valence-electron chi connectivity index (χ1n) is 10.4. The molecule has 0 atom stereocenters. The lowest BCUT2D eigenvalue weighted by Gasteiger charge is -2.31. The third-order valence-corrected chi connectivity index (χ3v) is 5.41. The van der Waals surface area contributed by atoms with E-state index in [4.69, 9.17) is 4.98 Å². The van der Waals surface area contributed by atoms with Crippen molar-refractivity contribution in [3.63, 3.8) is 0 Å². The Balaban J connectivity index is 0.00000256. The van der Waals surface area contributed by atoms with Gasteiger partial charge in [-0.25, -0.2) is 0 Å². The van der Waals surface area contributed by atoms with E-state index in [2.05, 4.69) is 25.3 Å². The Morgan fingerprint density at radius 2 is 1.50 bits per heavy atom. The number of nitrogens with one attached hydrogen (secondary N) is 1. The molecule has 0 unspecified atom stereocenters. The topological polar surface area (TPSA) is 97.1 Å². The van der Waals surface area contributed by atoms with Crippen molar-refractivity contribution in [1.82, 2.24) is 9.97 Å². The Kier molecular flexibility index (Phi) is 7.57. The van der Waals surface area contributed by atoms with Crippen molar-refractivity contribution in [2.45, 2.75) is 38.5 Å². The summed E-state index contributed by atoms with van der Waals surface area (Å²) in [7, 11) is 0. The van der Waals surface area contributed by atoms with Crippen LogP contribution in [0.2, 0.25) is 0 Å². The molecule has 8 nitrogen and oxygen atoms in total. The monoisotopic (exact) mass is 432 g/mol. The van der Waals surface area contributed by atoms with Crippen LogP contribution >= 0.6 is 12.4 Å². The van der Waals surface area contributed by atoms with Crippen molar-refractivity contribution in [3.8, 4) is 11.5 Å². The highest BCUT2D eigenvalue weighted by Gasteiger charge is 2.19. The average molecular weight is 433 g/mol. The molecule has 30 heavy (non-hydrogen) atoms. The van der Waals surface area contributed by atoms with Crippen LogP contribution in [0, 0.1) is 0 Å². The highest BCUT2D eigenvalue weighted by atomic mass is 35.5. The number of aromatic hydroxyl groups is 2. The third-order valence-electron chi connectivity index (χ3n) is 5.41. The van der Waals surface area contributed by atoms with Gasteiger partial charge in [-0.05, 0) is 62.3 Å². The van der Waals surface area contributed by atoms with Gasteiger partial charge in [0.1, 0.15) is 5.82 Å². The zero-order chi connectivity index (χ0) is 20.1. The molecule has 0 spiro atoms. The highest BCUT2D eigenvalue weighted by Crippen LogP contribution is 2.26. The molecule has 0 amide bonds. The molecule has 9 heteroatoms. The second-order valence-corrected chi connectivity index (χ2v) is 7.62. The standard InChI is InChI=1S/C21H28N6O2.ClH/c28-17-8-7-16(13-18(17)29)15-22-25-19-14-20(26-9-3-1-4-10-26)24-21(23-19)27-11-5-2-6-12-27;/h7-8,13-15,28-29H,1-6,9-12H2,(H,23,24,25);1H. The predicted molar refractivity (Wildman–Crippen MR) is 122 cm³/mol. The van der Waals surface area contributed by atoms with Crippen LogP contribution in [0.4, 0.5) is 17.6 Å². The molecule has 2 aromatic rings. The van der Waals surface area contributed by atoms with Crippen LogP contribution in [0.5, 0.6) is 11.5 Å². The molecule has 0 saturated carbocycles. The third kappa shape index (κ3) is 5.44. The van der Waals surface area contributed by atoms with Crippen molar-refractivity contribution in [3.05, 3.63) is 29.8 Å². The summed E-state index contributed by atoms with van der Waals surface area (Å²) < 4.78 is 0. The molecule has 4 rings (SSSR count). The van der Waals surface area contributed by atoms with E-state index in [0.717, 1.165) is 37.9 Å². The SMILES string of the molecule is Cl.Oc1ccc(C=NNc2cc(N3CCCCC3)nc(N3CCCCC3)n2)cc1O. The van der Waals surface area contributed by atoms with Gasteiger partial charge in [-0.2, -0.15) is 15.1 Å². The lowest BCUT2D eigenvalue weighted by atomic mass is 10.1. The first kappa shape index (κ1) is 22.0. The summed E-state index contributed by atoms with van der Waals surface area (Å²) in [4.78, 5) is 14.1. The molecule has 2 aliphatic rings. The zero-order valence-corrected chi connectivity index (χ0v) is 17.8. The Labute approximate surface area is 183 Å². The van der Waals surface area contributed by atoms with Crippen LogP contribution < -0.4 is 15.2 Å². The summed E-state index contributed by atoms with van der Waals surface area (Å²) in [6.45, 7) is 4.01. The minimum absolute atomic E-state index is 0. The number of anilines is 3. The number of hydrazone groups is 1. The van der Waals surface area contributed by atoms with Gasteiger partial charge in [-0.15, -0.1) is 12.4 Å². The minimum Gasteiger partial charge on any atom is -0.504 e. The summed E-state index contributed by atoms with van der Waals surface area (Å²) in [5, 5.41) is 23.3. The summed E-state index contributed by atoms with van der Waals surface area (Å²) in [5.41, 5.74) is 3.68. The van der Waals surface area contributed by atoms with E-state index < -0.39 is 0 Å². The largest absolute Gasteiger partial charge is 0.504 e. The van der Waals surface area contributed by atoms with Crippen molar-refractivity contribution in [2.24, 2.45) is 5.10 Å². The van der Waals surface area contributed by atoms with Gasteiger partial charge in [0.25, 0.3) is 0 Å². The number of nitrogens with zero attached hydrogens (tertiary/aromatic N) is 5. The molecule has 2 saturated heterocycles. The van der Waals surface area contributed by atoms with Crippen LogP contribution in [0.15, 0.2) is 29.4 Å². The molecule has 3 N–H and O–H groups in total. The smallest absolute Gasteiger partial charge is 0.229 e. The summed E-state index contributed by atoms with van der Waals surface area (Å²) >= 11 is 0. The fourth-order valence-electron chi connectivity index (χ4n) is 3.79. The summed E-state index contributed by atoms with van der Waals surface area (Å²) in [6, 6.07) is 6.52. The maximum Gasteiger partial charge on any atom is 0.229 e. The van der Waals surface area contributed by atoms with E-state index in [1.807, 2.05) is 6.07 Å². The van der Waals surface area contributed by atoms with E-state index in [1.54, 1.807) is 12.3 Å². The van der Waals surface area contributed by atoms with Gasteiger partial charge in [-0.3, -0.25) is 5.43 Å². The Hall–Kier alpha value is -2.74. The summed E-state index contributed by atoms with van der Waals surface area (Å²) in [6.07, 6.45) is 8.84. The van der Waals surface area contributed by atoms with Gasteiger partial charge < -0.3 is 20.0 Å². The number of benzene rings is 1. The van der Waals surface area contributed by atoms with Gasteiger partial charge in [0.05, 0.1) is 6.21 Å². The second-order valence-electron chi connectivity index (χ2n) is 7.62. The molecule has 0 aliphatic carbocycles. The molecular formula is C21H29ClN6O2. The number of aromatic nitrogens is 2. The van der Waals surface area contributed by atoms with Gasteiger partial charge >= 0.3 is 0 Å². The normalized spacial score (nSPS) is 17.1. The quantitative estimate of drug-likeness (QED) is 0.376. The van der Waals surface area contributed by atoms with E-state index >= 15 is 0 Å². The fourth-order valence-corrected chi connectivity index (χ4v) is 3.79. The van der Waals surface area contributed by atoms with Crippen LogP contribution in [0.25, 0.3) is 0 Å². The minimum atomic E-state index is -0.171. The van der Waals surface area contributed by atoms with Gasteiger partial charge in [-0.1, -0.05) is 0 Å². The first-order valence-corrected chi connectivity index (χ1v) is 10.4. The lowest BCUT2D eigenvalue weighted by Crippen LogP contribution is -2.33. The van der Waals surface area contributed by atoms with Gasteiger partial charge in [0.2, 0.25) is 5.95 Å². The van der Waals surface area contributed by atoms with Crippen LogP contribution in [0.1, 0.15) is 44.1 Å². The molecule has 162 valence electrons. The number of hydrogen-bond acceptors (Lipinski definition) is 8. The highest BCUT2D eigenvalue weighted by molar-refractivity contribution is 5.85. The van der Waals surface area contributed by atoms with Crippen molar-refractivity contribution < 1.29 is 10.2 Å². The van der Waals surface area contributed by atoms with Crippen LogP contribution in [-0.4, -0.2) is 52.6 Å².